The maximum Gasteiger partial charge on any atom is 0.417 e. The minimum atomic E-state index is -0.416. The number of benzene rings is 1. The lowest BCUT2D eigenvalue weighted by molar-refractivity contribution is 0.555. The van der Waals surface area contributed by atoms with E-state index in [0.717, 1.165) is 11.1 Å². The first-order chi connectivity index (χ1) is 9.04. The molecule has 2 aromatic heterocycles. The van der Waals surface area contributed by atoms with Gasteiger partial charge < -0.3 is 4.42 Å². The second-order valence-electron chi connectivity index (χ2n) is 4.52. The number of hydrogen-bond acceptors (Lipinski definition) is 3. The van der Waals surface area contributed by atoms with E-state index < -0.39 is 5.76 Å². The first kappa shape index (κ1) is 12.7. The highest BCUT2D eigenvalue weighted by molar-refractivity contribution is 9.09. The molecule has 0 aliphatic heterocycles. The Kier molecular flexibility index (Phi) is 3.11. The quantitative estimate of drug-likeness (QED) is 0.709. The molecule has 3 aromatic rings. The van der Waals surface area contributed by atoms with E-state index in [1.807, 2.05) is 18.2 Å². The number of alkyl halides is 1. The van der Waals surface area contributed by atoms with Crippen molar-refractivity contribution in [3.05, 3.63) is 55.7 Å². The average molecular weight is 338 g/mol. The maximum atomic E-state index is 11.2. The first-order valence-electron chi connectivity index (χ1n) is 5.88. The van der Waals surface area contributed by atoms with E-state index in [4.69, 9.17) is 4.42 Å². The van der Waals surface area contributed by atoms with Crippen molar-refractivity contribution in [3.8, 4) is 0 Å². The summed E-state index contributed by atoms with van der Waals surface area (Å²) in [6, 6.07) is 7.96. The fraction of sp³-hybridized carbons (Fsp3) is 0.214. The highest BCUT2D eigenvalue weighted by Gasteiger charge is 2.15. The molecule has 98 valence electrons. The molecular formula is C14H12BrNO2S. The number of aromatic nitrogens is 1. The molecule has 0 fully saturated rings. The van der Waals surface area contributed by atoms with Crippen molar-refractivity contribution in [2.75, 3.05) is 0 Å². The van der Waals surface area contributed by atoms with Gasteiger partial charge in [-0.3, -0.25) is 4.98 Å². The van der Waals surface area contributed by atoms with Crippen LogP contribution in [0, 0.1) is 13.8 Å². The van der Waals surface area contributed by atoms with Crippen LogP contribution in [0.1, 0.15) is 25.7 Å². The summed E-state index contributed by atoms with van der Waals surface area (Å²) >= 11 is 5.50. The normalized spacial score (nSPS) is 13.0. The highest BCUT2D eigenvalue weighted by atomic mass is 79.9. The van der Waals surface area contributed by atoms with Crippen LogP contribution in [-0.2, 0) is 0 Å². The molecule has 1 aromatic carbocycles. The molecule has 3 nitrogen and oxygen atoms in total. The lowest BCUT2D eigenvalue weighted by Crippen LogP contribution is -1.92. The minimum absolute atomic E-state index is 0.120. The summed E-state index contributed by atoms with van der Waals surface area (Å²) < 4.78 is 5.09. The molecule has 5 heteroatoms. The van der Waals surface area contributed by atoms with Crippen LogP contribution in [0.2, 0.25) is 0 Å². The van der Waals surface area contributed by atoms with E-state index in [1.165, 1.54) is 15.3 Å². The summed E-state index contributed by atoms with van der Waals surface area (Å²) in [6.07, 6.45) is 0. The van der Waals surface area contributed by atoms with Gasteiger partial charge in [0.05, 0.1) is 10.3 Å². The van der Waals surface area contributed by atoms with Gasteiger partial charge in [0.15, 0.2) is 5.58 Å². The Hall–Kier alpha value is -1.33. The number of oxazole rings is 1. The van der Waals surface area contributed by atoms with Crippen LogP contribution >= 0.6 is 27.3 Å². The van der Waals surface area contributed by atoms with Crippen LogP contribution in [0.5, 0.6) is 0 Å². The van der Waals surface area contributed by atoms with Gasteiger partial charge in [-0.05, 0) is 43.2 Å². The summed E-state index contributed by atoms with van der Waals surface area (Å²) in [4.78, 5) is 16.5. The van der Waals surface area contributed by atoms with Crippen LogP contribution in [0.3, 0.4) is 0 Å². The van der Waals surface area contributed by atoms with Crippen molar-refractivity contribution in [1.82, 2.24) is 4.98 Å². The number of nitrogens with one attached hydrogen (secondary N) is 1. The first-order valence-corrected chi connectivity index (χ1v) is 7.61. The standard InChI is InChI=1S/C14H12BrNO2S/c1-7-5-12(19-8(7)2)13(15)9-3-4-10-11(6-9)18-14(17)16-10/h3-6,13H,1-2H3,(H,16,17). The molecule has 0 spiro atoms. The third kappa shape index (κ3) is 2.28. The van der Waals surface area contributed by atoms with E-state index in [2.05, 4.69) is 40.8 Å². The Bertz CT molecular complexity index is 780. The van der Waals surface area contributed by atoms with Gasteiger partial charge in [0.1, 0.15) is 0 Å². The third-order valence-corrected chi connectivity index (χ3v) is 5.71. The maximum absolute atomic E-state index is 11.2. The molecule has 2 heterocycles. The number of aryl methyl sites for hydroxylation is 2. The zero-order valence-electron chi connectivity index (χ0n) is 10.5. The van der Waals surface area contributed by atoms with Gasteiger partial charge in [-0.15, -0.1) is 11.3 Å². The highest BCUT2D eigenvalue weighted by Crippen LogP contribution is 2.37. The van der Waals surface area contributed by atoms with Gasteiger partial charge >= 0.3 is 5.76 Å². The van der Waals surface area contributed by atoms with E-state index in [9.17, 15) is 4.79 Å². The summed E-state index contributed by atoms with van der Waals surface area (Å²) in [5.41, 5.74) is 3.71. The Labute approximate surface area is 122 Å². The minimum Gasteiger partial charge on any atom is -0.408 e. The third-order valence-electron chi connectivity index (χ3n) is 3.17. The van der Waals surface area contributed by atoms with Crippen molar-refractivity contribution in [2.45, 2.75) is 18.7 Å². The van der Waals surface area contributed by atoms with Crippen LogP contribution < -0.4 is 5.76 Å². The van der Waals surface area contributed by atoms with Crippen molar-refractivity contribution < 1.29 is 4.42 Å². The number of rotatable bonds is 2. The smallest absolute Gasteiger partial charge is 0.408 e. The van der Waals surface area contributed by atoms with Crippen molar-refractivity contribution >= 4 is 38.4 Å². The van der Waals surface area contributed by atoms with E-state index in [1.54, 1.807) is 11.3 Å². The summed E-state index contributed by atoms with van der Waals surface area (Å²) in [5.74, 6) is -0.416. The van der Waals surface area contributed by atoms with Gasteiger partial charge in [0, 0.05) is 9.75 Å². The van der Waals surface area contributed by atoms with Crippen molar-refractivity contribution in [3.63, 3.8) is 0 Å². The molecule has 0 aliphatic carbocycles. The van der Waals surface area contributed by atoms with Gasteiger partial charge in [-0.1, -0.05) is 22.0 Å². The number of aromatic amines is 1. The molecule has 19 heavy (non-hydrogen) atoms. The fourth-order valence-electron chi connectivity index (χ4n) is 2.01. The van der Waals surface area contributed by atoms with Gasteiger partial charge in [-0.2, -0.15) is 0 Å². The Balaban J connectivity index is 2.05. The average Bonchev–Trinajstić information content (AvgIpc) is 2.90. The van der Waals surface area contributed by atoms with E-state index >= 15 is 0 Å². The van der Waals surface area contributed by atoms with Gasteiger partial charge in [0.2, 0.25) is 0 Å². The number of halogens is 1. The molecule has 0 radical (unpaired) electrons. The van der Waals surface area contributed by atoms with Crippen LogP contribution in [0.4, 0.5) is 0 Å². The molecule has 1 atom stereocenters. The Morgan fingerprint density at radius 1 is 1.32 bits per heavy atom. The van der Waals surface area contributed by atoms with Crippen LogP contribution in [-0.4, -0.2) is 4.98 Å². The van der Waals surface area contributed by atoms with Crippen molar-refractivity contribution in [2.24, 2.45) is 0 Å². The van der Waals surface area contributed by atoms with Gasteiger partial charge in [-0.25, -0.2) is 4.79 Å². The SMILES string of the molecule is Cc1cc(C(Br)c2ccc3[nH]c(=O)oc3c2)sc1C. The fourth-order valence-corrected chi connectivity index (χ4v) is 3.76. The lowest BCUT2D eigenvalue weighted by Gasteiger charge is -2.07. The van der Waals surface area contributed by atoms with E-state index in [0.29, 0.717) is 5.58 Å². The van der Waals surface area contributed by atoms with Crippen molar-refractivity contribution in [1.29, 1.82) is 0 Å². The molecule has 0 bridgehead atoms. The largest absolute Gasteiger partial charge is 0.417 e. The molecule has 1 N–H and O–H groups in total. The predicted octanol–water partition coefficient (Wildman–Crippen LogP) is 4.28. The van der Waals surface area contributed by atoms with Crippen LogP contribution in [0.25, 0.3) is 11.1 Å². The predicted molar refractivity (Wildman–Crippen MR) is 81.4 cm³/mol. The molecule has 0 saturated heterocycles. The zero-order valence-corrected chi connectivity index (χ0v) is 12.9. The molecule has 0 aliphatic rings. The molecule has 0 amide bonds. The second kappa shape index (κ2) is 4.65. The number of H-pyrrole nitrogens is 1. The molecule has 3 rings (SSSR count). The van der Waals surface area contributed by atoms with Gasteiger partial charge in [0.25, 0.3) is 0 Å². The van der Waals surface area contributed by atoms with E-state index in [-0.39, 0.29) is 4.83 Å². The number of hydrogen-bond donors (Lipinski definition) is 1. The lowest BCUT2D eigenvalue weighted by atomic mass is 10.1. The molecular weight excluding hydrogens is 326 g/mol. The summed E-state index contributed by atoms with van der Waals surface area (Å²) in [6.45, 7) is 4.24. The summed E-state index contributed by atoms with van der Waals surface area (Å²) in [5, 5.41) is 0. The summed E-state index contributed by atoms with van der Waals surface area (Å²) in [7, 11) is 0. The Morgan fingerprint density at radius 3 is 2.79 bits per heavy atom. The Morgan fingerprint density at radius 2 is 2.11 bits per heavy atom. The number of fused-ring (bicyclic) bond motifs is 1. The topological polar surface area (TPSA) is 46.0 Å². The second-order valence-corrected chi connectivity index (χ2v) is 6.72. The zero-order chi connectivity index (χ0) is 13.6. The number of thiophene rings is 1. The monoisotopic (exact) mass is 337 g/mol. The van der Waals surface area contributed by atoms with Crippen LogP contribution in [0.15, 0.2) is 33.5 Å². The molecule has 1 unspecified atom stereocenters. The molecule has 0 saturated carbocycles.